The van der Waals surface area contributed by atoms with E-state index in [-0.39, 0.29) is 37.1 Å². The van der Waals surface area contributed by atoms with Gasteiger partial charge in [0.05, 0.1) is 27.9 Å². The molecule has 0 aliphatic rings. The normalized spacial score (nSPS) is 11.3. The van der Waals surface area contributed by atoms with E-state index in [0.717, 1.165) is 6.07 Å². The minimum absolute atomic E-state index is 0. The molecular formula is C20H26F3IN4O4. The quantitative estimate of drug-likeness (QED) is 0.202. The number of aliphatic imine (C=N–C) groups is 1. The molecule has 0 saturated heterocycles. The summed E-state index contributed by atoms with van der Waals surface area (Å²) in [5.41, 5.74) is -0.319. The lowest BCUT2D eigenvalue weighted by atomic mass is 10.2. The number of hydrogen-bond donors (Lipinski definition) is 2. The zero-order chi connectivity index (χ0) is 22.9. The van der Waals surface area contributed by atoms with Crippen molar-refractivity contribution in [1.29, 1.82) is 0 Å². The van der Waals surface area contributed by atoms with Crippen molar-refractivity contribution in [1.82, 2.24) is 10.3 Å². The molecule has 0 bridgehead atoms. The molecule has 2 aromatic rings. The molecule has 1 heterocycles. The number of pyridine rings is 1. The largest absolute Gasteiger partial charge is 0.493 e. The number of hydrogen-bond acceptors (Lipinski definition) is 6. The lowest BCUT2D eigenvalue weighted by Gasteiger charge is -2.16. The van der Waals surface area contributed by atoms with Gasteiger partial charge in [-0.15, -0.1) is 24.0 Å². The minimum Gasteiger partial charge on any atom is -0.493 e. The van der Waals surface area contributed by atoms with Crippen molar-refractivity contribution in [3.8, 4) is 23.1 Å². The number of alkyl halides is 3. The number of nitrogens with zero attached hydrogens (tertiary/aromatic N) is 2. The molecular weight excluding hydrogens is 544 g/mol. The van der Waals surface area contributed by atoms with E-state index in [1.165, 1.54) is 33.6 Å². The Morgan fingerprint density at radius 2 is 1.75 bits per heavy atom. The molecule has 0 saturated carbocycles. The molecule has 0 radical (unpaired) electrons. The van der Waals surface area contributed by atoms with Gasteiger partial charge in [-0.3, -0.25) is 0 Å². The van der Waals surface area contributed by atoms with E-state index < -0.39 is 17.6 Å². The van der Waals surface area contributed by atoms with Gasteiger partial charge in [0.2, 0.25) is 11.6 Å². The molecule has 0 atom stereocenters. The van der Waals surface area contributed by atoms with Crippen molar-refractivity contribution >= 4 is 35.6 Å². The van der Waals surface area contributed by atoms with Gasteiger partial charge in [0, 0.05) is 30.6 Å². The third kappa shape index (κ3) is 7.50. The van der Waals surface area contributed by atoms with Crippen LogP contribution >= 0.6 is 24.0 Å². The van der Waals surface area contributed by atoms with Crippen molar-refractivity contribution < 1.29 is 32.1 Å². The average Bonchev–Trinajstić information content (AvgIpc) is 2.75. The second-order valence-corrected chi connectivity index (χ2v) is 6.00. The van der Waals surface area contributed by atoms with Gasteiger partial charge in [-0.05, 0) is 19.1 Å². The SMILES string of the molecule is CCNC(=NCCOc1ncccc1C(F)(F)F)Nc1cc(OC)c(OC)c(OC)c1.I. The summed E-state index contributed by atoms with van der Waals surface area (Å²) in [6.07, 6.45) is -3.31. The number of anilines is 1. The summed E-state index contributed by atoms with van der Waals surface area (Å²) in [5.74, 6) is 1.28. The lowest BCUT2D eigenvalue weighted by Crippen LogP contribution is -2.31. The summed E-state index contributed by atoms with van der Waals surface area (Å²) in [5, 5.41) is 6.13. The maximum atomic E-state index is 13.0. The second-order valence-electron chi connectivity index (χ2n) is 6.00. The molecule has 0 amide bonds. The Balaban J connectivity index is 0.00000512. The van der Waals surface area contributed by atoms with Crippen LogP contribution in [0.3, 0.4) is 0 Å². The monoisotopic (exact) mass is 570 g/mol. The Kier molecular flexibility index (Phi) is 11.2. The predicted octanol–water partition coefficient (Wildman–Crippen LogP) is 4.20. The highest BCUT2D eigenvalue weighted by Gasteiger charge is 2.35. The zero-order valence-corrected chi connectivity index (χ0v) is 20.4. The molecule has 1 aromatic carbocycles. The molecule has 0 spiro atoms. The lowest BCUT2D eigenvalue weighted by molar-refractivity contribution is -0.139. The third-order valence-corrected chi connectivity index (χ3v) is 3.95. The van der Waals surface area contributed by atoms with E-state index >= 15 is 0 Å². The molecule has 2 rings (SSSR count). The van der Waals surface area contributed by atoms with Crippen LogP contribution in [0.25, 0.3) is 0 Å². The van der Waals surface area contributed by atoms with Gasteiger partial charge in [0.25, 0.3) is 0 Å². The first-order chi connectivity index (χ1) is 14.8. The molecule has 32 heavy (non-hydrogen) atoms. The van der Waals surface area contributed by atoms with Crippen LogP contribution in [0.2, 0.25) is 0 Å². The van der Waals surface area contributed by atoms with E-state index in [1.54, 1.807) is 12.1 Å². The fraction of sp³-hybridized carbons (Fsp3) is 0.400. The maximum Gasteiger partial charge on any atom is 0.421 e. The van der Waals surface area contributed by atoms with Crippen LogP contribution in [0.5, 0.6) is 23.1 Å². The fourth-order valence-electron chi connectivity index (χ4n) is 2.62. The highest BCUT2D eigenvalue weighted by Crippen LogP contribution is 2.40. The van der Waals surface area contributed by atoms with Gasteiger partial charge < -0.3 is 29.6 Å². The molecule has 0 unspecified atom stereocenters. The van der Waals surface area contributed by atoms with Crippen LogP contribution in [0, 0.1) is 0 Å². The van der Waals surface area contributed by atoms with E-state index in [2.05, 4.69) is 20.6 Å². The maximum absolute atomic E-state index is 13.0. The molecule has 0 aliphatic heterocycles. The van der Waals surface area contributed by atoms with Gasteiger partial charge in [-0.2, -0.15) is 13.2 Å². The van der Waals surface area contributed by atoms with Gasteiger partial charge in [-0.1, -0.05) is 0 Å². The van der Waals surface area contributed by atoms with Crippen LogP contribution in [-0.4, -0.2) is 52.0 Å². The summed E-state index contributed by atoms with van der Waals surface area (Å²) in [7, 11) is 4.51. The standard InChI is InChI=1S/C20H25F3N4O4.HI/c1-5-24-19(27-13-11-15(28-2)17(30-4)16(12-13)29-3)26-9-10-31-18-14(20(21,22)23)7-6-8-25-18;/h6-8,11-12H,5,9-10H2,1-4H3,(H2,24,26,27);1H. The number of guanidine groups is 1. The third-order valence-electron chi connectivity index (χ3n) is 3.95. The minimum atomic E-state index is -4.55. The highest BCUT2D eigenvalue weighted by molar-refractivity contribution is 14.0. The van der Waals surface area contributed by atoms with Crippen molar-refractivity contribution in [2.24, 2.45) is 4.99 Å². The number of benzene rings is 1. The Morgan fingerprint density at radius 1 is 1.09 bits per heavy atom. The first-order valence-corrected chi connectivity index (χ1v) is 9.34. The van der Waals surface area contributed by atoms with Crippen molar-refractivity contribution in [3.63, 3.8) is 0 Å². The molecule has 1 aromatic heterocycles. The highest BCUT2D eigenvalue weighted by atomic mass is 127. The number of ether oxygens (including phenoxy) is 4. The van der Waals surface area contributed by atoms with Crippen LogP contribution in [0.1, 0.15) is 12.5 Å². The number of aromatic nitrogens is 1. The van der Waals surface area contributed by atoms with Crippen LogP contribution in [0.15, 0.2) is 35.5 Å². The number of methoxy groups -OCH3 is 3. The Morgan fingerprint density at radius 3 is 2.28 bits per heavy atom. The summed E-state index contributed by atoms with van der Waals surface area (Å²) in [6.45, 7) is 2.45. The number of rotatable bonds is 9. The van der Waals surface area contributed by atoms with Crippen molar-refractivity contribution in [3.05, 3.63) is 36.0 Å². The van der Waals surface area contributed by atoms with E-state index in [4.69, 9.17) is 18.9 Å². The second kappa shape index (κ2) is 13.0. The van der Waals surface area contributed by atoms with Gasteiger partial charge >= 0.3 is 6.18 Å². The molecule has 178 valence electrons. The molecule has 8 nitrogen and oxygen atoms in total. The van der Waals surface area contributed by atoms with Crippen LogP contribution in [0.4, 0.5) is 18.9 Å². The number of halogens is 4. The van der Waals surface area contributed by atoms with Crippen molar-refractivity contribution in [2.45, 2.75) is 13.1 Å². The summed E-state index contributed by atoms with van der Waals surface area (Å²) < 4.78 is 60.2. The topological polar surface area (TPSA) is 86.2 Å². The first kappa shape index (κ1) is 27.4. The van der Waals surface area contributed by atoms with Crippen molar-refractivity contribution in [2.75, 3.05) is 46.3 Å². The molecule has 12 heteroatoms. The van der Waals surface area contributed by atoms with Gasteiger partial charge in [0.15, 0.2) is 17.5 Å². The van der Waals surface area contributed by atoms with E-state index in [9.17, 15) is 13.2 Å². The Bertz CT molecular complexity index is 872. The van der Waals surface area contributed by atoms with Crippen LogP contribution < -0.4 is 29.6 Å². The summed E-state index contributed by atoms with van der Waals surface area (Å²) in [6, 6.07) is 5.53. The van der Waals surface area contributed by atoms with Gasteiger partial charge in [-0.25, -0.2) is 9.98 Å². The predicted molar refractivity (Wildman–Crippen MR) is 126 cm³/mol. The summed E-state index contributed by atoms with van der Waals surface area (Å²) in [4.78, 5) is 7.98. The first-order valence-electron chi connectivity index (χ1n) is 9.34. The summed E-state index contributed by atoms with van der Waals surface area (Å²) >= 11 is 0. The molecule has 2 N–H and O–H groups in total. The fourth-order valence-corrected chi connectivity index (χ4v) is 2.62. The molecule has 0 aliphatic carbocycles. The Hall–Kier alpha value is -2.64. The molecule has 0 fully saturated rings. The average molecular weight is 570 g/mol. The van der Waals surface area contributed by atoms with E-state index in [0.29, 0.717) is 35.4 Å². The smallest absolute Gasteiger partial charge is 0.421 e. The van der Waals surface area contributed by atoms with Crippen LogP contribution in [-0.2, 0) is 6.18 Å². The van der Waals surface area contributed by atoms with E-state index in [1.807, 2.05) is 6.92 Å². The number of nitrogens with one attached hydrogen (secondary N) is 2. The zero-order valence-electron chi connectivity index (χ0n) is 18.1. The van der Waals surface area contributed by atoms with Gasteiger partial charge in [0.1, 0.15) is 12.2 Å². The Labute approximate surface area is 201 Å².